The topological polar surface area (TPSA) is 79.3 Å². The van der Waals surface area contributed by atoms with E-state index in [1.807, 2.05) is 36.5 Å². The van der Waals surface area contributed by atoms with Crippen molar-refractivity contribution in [3.63, 3.8) is 0 Å². The van der Waals surface area contributed by atoms with Gasteiger partial charge in [-0.25, -0.2) is 4.79 Å². The van der Waals surface area contributed by atoms with Crippen LogP contribution in [-0.2, 0) is 17.8 Å². The highest BCUT2D eigenvalue weighted by Crippen LogP contribution is 2.28. The second kappa shape index (κ2) is 7.38. The monoisotopic (exact) mass is 341 g/mol. The largest absolute Gasteiger partial charge is 0.347 e. The zero-order valence-electron chi connectivity index (χ0n) is 14.5. The second-order valence-electron chi connectivity index (χ2n) is 6.43. The molecule has 3 amide bonds. The number of benzene rings is 1. The van der Waals surface area contributed by atoms with Gasteiger partial charge in [0.05, 0.1) is 11.7 Å². The van der Waals surface area contributed by atoms with Gasteiger partial charge in [0.25, 0.3) is 0 Å². The highest BCUT2D eigenvalue weighted by atomic mass is 16.2. The molecule has 0 bridgehead atoms. The predicted molar refractivity (Wildman–Crippen MR) is 95.2 cm³/mol. The van der Waals surface area contributed by atoms with E-state index in [0.717, 1.165) is 36.2 Å². The number of nitrogens with zero attached hydrogens (tertiary/aromatic N) is 3. The molecule has 1 aliphatic carbocycles. The van der Waals surface area contributed by atoms with Crippen molar-refractivity contribution in [3.8, 4) is 0 Å². The summed E-state index contributed by atoms with van der Waals surface area (Å²) < 4.78 is 1.67. The van der Waals surface area contributed by atoms with Crippen LogP contribution in [0.1, 0.15) is 30.1 Å². The Morgan fingerprint density at radius 1 is 1.28 bits per heavy atom. The van der Waals surface area contributed by atoms with Gasteiger partial charge in [0, 0.05) is 26.0 Å². The highest BCUT2D eigenvalue weighted by Gasteiger charge is 2.25. The van der Waals surface area contributed by atoms with Crippen molar-refractivity contribution < 1.29 is 9.59 Å². The molecule has 1 aromatic heterocycles. The normalized spacial score (nSPS) is 16.0. The average molecular weight is 341 g/mol. The molecule has 1 aliphatic rings. The Balaban J connectivity index is 1.67. The van der Waals surface area contributed by atoms with Gasteiger partial charge < -0.3 is 15.5 Å². The highest BCUT2D eigenvalue weighted by molar-refractivity contribution is 5.89. The van der Waals surface area contributed by atoms with Crippen molar-refractivity contribution in [2.24, 2.45) is 0 Å². The molecular weight excluding hydrogens is 318 g/mol. The molecule has 1 heterocycles. The molecule has 1 unspecified atom stereocenters. The van der Waals surface area contributed by atoms with Gasteiger partial charge in [-0.3, -0.25) is 9.48 Å². The zero-order chi connectivity index (χ0) is 17.8. The van der Waals surface area contributed by atoms with E-state index in [2.05, 4.69) is 15.7 Å². The third-order valence-corrected chi connectivity index (χ3v) is 4.27. The summed E-state index contributed by atoms with van der Waals surface area (Å²) in [5.74, 6) is -0.00817. The van der Waals surface area contributed by atoms with E-state index < -0.39 is 0 Å². The molecule has 7 nitrogen and oxygen atoms in total. The van der Waals surface area contributed by atoms with Gasteiger partial charge in [-0.1, -0.05) is 18.2 Å². The number of para-hydroxylation sites is 1. The molecule has 0 spiro atoms. The fourth-order valence-corrected chi connectivity index (χ4v) is 2.95. The molecule has 0 aliphatic heterocycles. The van der Waals surface area contributed by atoms with Gasteiger partial charge in [-0.05, 0) is 37.0 Å². The number of aryl methyl sites for hydroxylation is 1. The van der Waals surface area contributed by atoms with Crippen LogP contribution in [0.25, 0.3) is 0 Å². The van der Waals surface area contributed by atoms with Crippen LogP contribution in [-0.4, -0.2) is 40.7 Å². The lowest BCUT2D eigenvalue weighted by Crippen LogP contribution is -2.34. The van der Waals surface area contributed by atoms with Crippen LogP contribution in [0.3, 0.4) is 0 Å². The summed E-state index contributed by atoms with van der Waals surface area (Å²) in [7, 11) is 3.45. The van der Waals surface area contributed by atoms with E-state index in [0.29, 0.717) is 0 Å². The van der Waals surface area contributed by atoms with E-state index in [-0.39, 0.29) is 24.5 Å². The number of rotatable bonds is 4. The summed E-state index contributed by atoms with van der Waals surface area (Å²) in [6, 6.07) is 8.94. The first kappa shape index (κ1) is 17.0. The third-order valence-electron chi connectivity index (χ3n) is 4.27. The number of carbonyl (C=O) groups is 2. The Bertz CT molecular complexity index is 754. The number of aromatic nitrogens is 2. The number of anilines is 1. The Kier molecular flexibility index (Phi) is 5.02. The number of likely N-dealkylation sites (N-methyl/N-ethyl adjacent to an activating group) is 1. The Morgan fingerprint density at radius 3 is 2.76 bits per heavy atom. The summed E-state index contributed by atoms with van der Waals surface area (Å²) in [6.07, 6.45) is 4.66. The van der Waals surface area contributed by atoms with Crippen molar-refractivity contribution >= 4 is 17.6 Å². The van der Waals surface area contributed by atoms with E-state index in [4.69, 9.17) is 0 Å². The van der Waals surface area contributed by atoms with E-state index in [1.165, 1.54) is 0 Å². The molecular formula is C18H23N5O2. The number of amides is 3. The fourth-order valence-electron chi connectivity index (χ4n) is 2.95. The molecule has 2 aromatic rings. The Morgan fingerprint density at radius 2 is 2.04 bits per heavy atom. The first-order chi connectivity index (χ1) is 12.0. The summed E-state index contributed by atoms with van der Waals surface area (Å²) >= 11 is 0. The first-order valence-electron chi connectivity index (χ1n) is 8.42. The standard InChI is InChI=1S/C18H23N5O2/c1-22(2)16(24)12-23-11-13-7-6-10-15(17(13)21-23)20-18(25)19-14-8-4-3-5-9-14/h3-5,8-9,11,15H,6-7,10,12H2,1-2H3,(H2,19,20,25). The average Bonchev–Trinajstić information content (AvgIpc) is 2.99. The van der Waals surface area contributed by atoms with Crippen LogP contribution in [0.15, 0.2) is 36.5 Å². The quantitative estimate of drug-likeness (QED) is 0.894. The number of carbonyl (C=O) groups excluding carboxylic acids is 2. The molecule has 0 saturated heterocycles. The molecule has 1 aromatic carbocycles. The zero-order valence-corrected chi connectivity index (χ0v) is 14.5. The minimum Gasteiger partial charge on any atom is -0.347 e. The Hall–Kier alpha value is -2.83. The first-order valence-corrected chi connectivity index (χ1v) is 8.42. The van der Waals surface area contributed by atoms with E-state index in [1.54, 1.807) is 23.7 Å². The second-order valence-corrected chi connectivity index (χ2v) is 6.43. The third kappa shape index (κ3) is 4.17. The van der Waals surface area contributed by atoms with Gasteiger partial charge in [-0.15, -0.1) is 0 Å². The van der Waals surface area contributed by atoms with Gasteiger partial charge >= 0.3 is 6.03 Å². The summed E-state index contributed by atoms with van der Waals surface area (Å²) in [5.41, 5.74) is 2.71. The fraction of sp³-hybridized carbons (Fsp3) is 0.389. The number of urea groups is 1. The maximum Gasteiger partial charge on any atom is 0.319 e. The van der Waals surface area contributed by atoms with Crippen LogP contribution in [0, 0.1) is 0 Å². The van der Waals surface area contributed by atoms with Crippen molar-refractivity contribution in [3.05, 3.63) is 47.8 Å². The van der Waals surface area contributed by atoms with Crippen LogP contribution in [0.5, 0.6) is 0 Å². The van der Waals surface area contributed by atoms with Gasteiger partial charge in [0.2, 0.25) is 5.91 Å². The summed E-state index contributed by atoms with van der Waals surface area (Å²) in [4.78, 5) is 25.7. The number of hydrogen-bond acceptors (Lipinski definition) is 3. The molecule has 0 saturated carbocycles. The van der Waals surface area contributed by atoms with Crippen LogP contribution in [0.2, 0.25) is 0 Å². The lowest BCUT2D eigenvalue weighted by molar-refractivity contribution is -0.129. The van der Waals surface area contributed by atoms with E-state index >= 15 is 0 Å². The van der Waals surface area contributed by atoms with Crippen LogP contribution in [0.4, 0.5) is 10.5 Å². The molecule has 7 heteroatoms. The summed E-state index contributed by atoms with van der Waals surface area (Å²) in [5, 5.41) is 10.4. The van der Waals surface area contributed by atoms with E-state index in [9.17, 15) is 9.59 Å². The summed E-state index contributed by atoms with van der Waals surface area (Å²) in [6.45, 7) is 0.211. The molecule has 1 atom stereocenters. The number of nitrogens with one attached hydrogen (secondary N) is 2. The lowest BCUT2D eigenvalue weighted by atomic mass is 9.94. The molecule has 0 radical (unpaired) electrons. The molecule has 25 heavy (non-hydrogen) atoms. The van der Waals surface area contributed by atoms with Gasteiger partial charge in [0.1, 0.15) is 6.54 Å². The van der Waals surface area contributed by atoms with Crippen molar-refractivity contribution in [2.75, 3.05) is 19.4 Å². The van der Waals surface area contributed by atoms with Crippen molar-refractivity contribution in [2.45, 2.75) is 31.8 Å². The minimum absolute atomic E-state index is 0.00817. The maximum absolute atomic E-state index is 12.2. The van der Waals surface area contributed by atoms with Gasteiger partial charge in [0.15, 0.2) is 0 Å². The number of hydrogen-bond donors (Lipinski definition) is 2. The SMILES string of the molecule is CN(C)C(=O)Cn1cc2c(n1)C(NC(=O)Nc1ccccc1)CCC2. The van der Waals surface area contributed by atoms with Crippen LogP contribution < -0.4 is 10.6 Å². The van der Waals surface area contributed by atoms with Crippen molar-refractivity contribution in [1.82, 2.24) is 20.0 Å². The maximum atomic E-state index is 12.2. The number of fused-ring (bicyclic) bond motifs is 1. The molecule has 2 N–H and O–H groups in total. The predicted octanol–water partition coefficient (Wildman–Crippen LogP) is 2.17. The lowest BCUT2D eigenvalue weighted by Gasteiger charge is -2.22. The van der Waals surface area contributed by atoms with Crippen LogP contribution >= 0.6 is 0 Å². The Labute approximate surface area is 147 Å². The smallest absolute Gasteiger partial charge is 0.319 e. The molecule has 0 fully saturated rings. The minimum atomic E-state index is -0.247. The molecule has 3 rings (SSSR count). The molecule has 132 valence electrons. The van der Waals surface area contributed by atoms with Gasteiger partial charge in [-0.2, -0.15) is 5.10 Å². The van der Waals surface area contributed by atoms with Crippen molar-refractivity contribution in [1.29, 1.82) is 0 Å².